The number of ether oxygens (including phenoxy) is 1. The number of anilines is 1. The van der Waals surface area contributed by atoms with Crippen molar-refractivity contribution in [3.05, 3.63) is 12.4 Å². The third-order valence-corrected chi connectivity index (χ3v) is 3.21. The molecule has 0 unspecified atom stereocenters. The second kappa shape index (κ2) is 6.54. The maximum Gasteiger partial charge on any atom is 0.316 e. The lowest BCUT2D eigenvalue weighted by molar-refractivity contribution is 0.292. The zero-order valence-corrected chi connectivity index (χ0v) is 10.9. The van der Waals surface area contributed by atoms with Crippen molar-refractivity contribution in [1.82, 2.24) is 9.97 Å². The molecule has 2 rings (SSSR count). The van der Waals surface area contributed by atoms with E-state index in [1.165, 1.54) is 0 Å². The highest BCUT2D eigenvalue weighted by Crippen LogP contribution is 2.20. The molecule has 5 heteroatoms. The molecular weight excluding hydrogens is 228 g/mol. The minimum Gasteiger partial charge on any atom is -0.463 e. The highest BCUT2D eigenvalue weighted by Gasteiger charge is 2.18. The van der Waals surface area contributed by atoms with E-state index in [0.717, 1.165) is 37.8 Å². The number of nitrogens with one attached hydrogen (secondary N) is 1. The molecule has 1 saturated carbocycles. The van der Waals surface area contributed by atoms with E-state index in [1.807, 2.05) is 0 Å². The van der Waals surface area contributed by atoms with E-state index in [4.69, 9.17) is 10.5 Å². The van der Waals surface area contributed by atoms with E-state index in [9.17, 15) is 0 Å². The summed E-state index contributed by atoms with van der Waals surface area (Å²) >= 11 is 0. The Bertz CT molecular complexity index is 347. The molecule has 1 heterocycles. The summed E-state index contributed by atoms with van der Waals surface area (Å²) in [6.45, 7) is 2.72. The molecule has 18 heavy (non-hydrogen) atoms. The molecule has 0 spiro atoms. The minimum absolute atomic E-state index is 0.379. The van der Waals surface area contributed by atoms with Gasteiger partial charge < -0.3 is 15.8 Å². The van der Waals surface area contributed by atoms with Crippen molar-refractivity contribution in [2.75, 3.05) is 11.9 Å². The molecule has 0 bridgehead atoms. The molecular formula is C13H22N4O. The van der Waals surface area contributed by atoms with Crippen LogP contribution in [-0.2, 0) is 0 Å². The number of nitrogens with zero attached hydrogens (tertiary/aromatic N) is 2. The summed E-state index contributed by atoms with van der Waals surface area (Å²) in [4.78, 5) is 8.35. The second-order valence-corrected chi connectivity index (χ2v) is 4.86. The molecule has 0 amide bonds. The van der Waals surface area contributed by atoms with E-state index < -0.39 is 0 Å². The van der Waals surface area contributed by atoms with Crippen LogP contribution in [0.4, 0.5) is 5.69 Å². The lowest BCUT2D eigenvalue weighted by Gasteiger charge is -2.27. The summed E-state index contributed by atoms with van der Waals surface area (Å²) in [6, 6.07) is 1.33. The summed E-state index contributed by atoms with van der Waals surface area (Å²) in [7, 11) is 0. The van der Waals surface area contributed by atoms with Crippen molar-refractivity contribution in [2.45, 2.75) is 51.1 Å². The van der Waals surface area contributed by atoms with Crippen LogP contribution in [0.2, 0.25) is 0 Å². The quantitative estimate of drug-likeness (QED) is 0.835. The van der Waals surface area contributed by atoms with Gasteiger partial charge in [0.05, 0.1) is 24.7 Å². The number of aromatic nitrogens is 2. The third kappa shape index (κ3) is 3.84. The van der Waals surface area contributed by atoms with Gasteiger partial charge in [0.15, 0.2) is 0 Å². The van der Waals surface area contributed by atoms with Gasteiger partial charge in [-0.05, 0) is 32.1 Å². The molecule has 1 aliphatic carbocycles. The van der Waals surface area contributed by atoms with Crippen LogP contribution in [-0.4, -0.2) is 28.7 Å². The average Bonchev–Trinajstić information content (AvgIpc) is 2.41. The largest absolute Gasteiger partial charge is 0.463 e. The van der Waals surface area contributed by atoms with Crippen LogP contribution in [0.3, 0.4) is 0 Å². The smallest absolute Gasteiger partial charge is 0.316 e. The Labute approximate surface area is 108 Å². The van der Waals surface area contributed by atoms with Crippen LogP contribution in [0.25, 0.3) is 0 Å². The predicted octanol–water partition coefficient (Wildman–Crippen LogP) is 1.95. The Hall–Kier alpha value is -1.36. The van der Waals surface area contributed by atoms with Gasteiger partial charge in [-0.1, -0.05) is 6.92 Å². The van der Waals surface area contributed by atoms with E-state index >= 15 is 0 Å². The third-order valence-electron chi connectivity index (χ3n) is 3.21. The normalized spacial score (nSPS) is 23.7. The van der Waals surface area contributed by atoms with Gasteiger partial charge in [0.1, 0.15) is 0 Å². The molecule has 3 N–H and O–H groups in total. The number of hydrogen-bond donors (Lipinski definition) is 2. The Morgan fingerprint density at radius 2 is 1.94 bits per heavy atom. The molecule has 0 aromatic carbocycles. The molecule has 1 fully saturated rings. The highest BCUT2D eigenvalue weighted by atomic mass is 16.5. The van der Waals surface area contributed by atoms with Crippen LogP contribution < -0.4 is 15.8 Å². The van der Waals surface area contributed by atoms with Crippen LogP contribution >= 0.6 is 0 Å². The lowest BCUT2D eigenvalue weighted by Crippen LogP contribution is -2.32. The predicted molar refractivity (Wildman–Crippen MR) is 71.7 cm³/mol. The summed E-state index contributed by atoms with van der Waals surface area (Å²) < 4.78 is 5.35. The zero-order valence-electron chi connectivity index (χ0n) is 10.9. The highest BCUT2D eigenvalue weighted by molar-refractivity contribution is 5.39. The zero-order chi connectivity index (χ0) is 12.8. The van der Waals surface area contributed by atoms with Crippen LogP contribution in [0, 0.1) is 0 Å². The monoisotopic (exact) mass is 250 g/mol. The molecule has 1 aromatic heterocycles. The molecule has 0 radical (unpaired) electrons. The molecule has 100 valence electrons. The van der Waals surface area contributed by atoms with Crippen molar-refractivity contribution in [1.29, 1.82) is 0 Å². The van der Waals surface area contributed by atoms with Crippen molar-refractivity contribution in [3.63, 3.8) is 0 Å². The molecule has 0 atom stereocenters. The maximum atomic E-state index is 5.89. The van der Waals surface area contributed by atoms with Gasteiger partial charge in [0.25, 0.3) is 0 Å². The Balaban J connectivity index is 1.82. The summed E-state index contributed by atoms with van der Waals surface area (Å²) in [6.07, 6.45) is 8.96. The Kier molecular flexibility index (Phi) is 4.75. The summed E-state index contributed by atoms with van der Waals surface area (Å²) in [5, 5.41) is 3.45. The van der Waals surface area contributed by atoms with Crippen molar-refractivity contribution >= 4 is 5.69 Å². The van der Waals surface area contributed by atoms with Gasteiger partial charge >= 0.3 is 6.01 Å². The Morgan fingerprint density at radius 1 is 1.28 bits per heavy atom. The lowest BCUT2D eigenvalue weighted by atomic mass is 9.92. The SMILES string of the molecule is CCCOc1ncc(NC2CCC(N)CC2)cn1. The van der Waals surface area contributed by atoms with Crippen LogP contribution in [0.5, 0.6) is 6.01 Å². The van der Waals surface area contributed by atoms with Gasteiger partial charge in [-0.3, -0.25) is 0 Å². The van der Waals surface area contributed by atoms with Crippen LogP contribution in [0.1, 0.15) is 39.0 Å². The molecule has 5 nitrogen and oxygen atoms in total. The van der Waals surface area contributed by atoms with E-state index in [1.54, 1.807) is 12.4 Å². The first kappa shape index (κ1) is 13.1. The van der Waals surface area contributed by atoms with Gasteiger partial charge in [-0.2, -0.15) is 0 Å². The summed E-state index contributed by atoms with van der Waals surface area (Å²) in [5.41, 5.74) is 6.85. The number of hydrogen-bond acceptors (Lipinski definition) is 5. The fourth-order valence-electron chi connectivity index (χ4n) is 2.16. The Morgan fingerprint density at radius 3 is 2.56 bits per heavy atom. The van der Waals surface area contributed by atoms with E-state index in [0.29, 0.717) is 24.7 Å². The average molecular weight is 250 g/mol. The fraction of sp³-hybridized carbons (Fsp3) is 0.692. The first-order valence-electron chi connectivity index (χ1n) is 6.75. The first-order valence-corrected chi connectivity index (χ1v) is 6.75. The molecule has 1 aromatic rings. The summed E-state index contributed by atoms with van der Waals surface area (Å²) in [5.74, 6) is 0. The van der Waals surface area contributed by atoms with E-state index in [2.05, 4.69) is 22.2 Å². The van der Waals surface area contributed by atoms with Gasteiger partial charge in [-0.15, -0.1) is 0 Å². The molecule has 1 aliphatic rings. The van der Waals surface area contributed by atoms with E-state index in [-0.39, 0.29) is 0 Å². The molecule has 0 saturated heterocycles. The second-order valence-electron chi connectivity index (χ2n) is 4.86. The minimum atomic E-state index is 0.379. The van der Waals surface area contributed by atoms with Crippen molar-refractivity contribution in [3.8, 4) is 6.01 Å². The number of rotatable bonds is 5. The van der Waals surface area contributed by atoms with Gasteiger partial charge in [0.2, 0.25) is 0 Å². The number of nitrogens with two attached hydrogens (primary N) is 1. The fourth-order valence-corrected chi connectivity index (χ4v) is 2.16. The molecule has 0 aliphatic heterocycles. The van der Waals surface area contributed by atoms with Crippen LogP contribution in [0.15, 0.2) is 12.4 Å². The maximum absolute atomic E-state index is 5.89. The van der Waals surface area contributed by atoms with Gasteiger partial charge in [-0.25, -0.2) is 9.97 Å². The van der Waals surface area contributed by atoms with Crippen molar-refractivity contribution < 1.29 is 4.74 Å². The topological polar surface area (TPSA) is 73.1 Å². The standard InChI is InChI=1S/C13H22N4O/c1-2-7-18-13-15-8-12(9-16-13)17-11-5-3-10(14)4-6-11/h8-11,17H,2-7,14H2,1H3. The first-order chi connectivity index (χ1) is 8.78. The van der Waals surface area contributed by atoms with Gasteiger partial charge in [0, 0.05) is 12.1 Å². The van der Waals surface area contributed by atoms with Crippen molar-refractivity contribution in [2.24, 2.45) is 5.73 Å².